The van der Waals surface area contributed by atoms with Crippen LogP contribution in [0, 0.1) is 0 Å². The zero-order chi connectivity index (χ0) is 14.8. The topological polar surface area (TPSA) is 83.2 Å². The molecule has 1 atom stereocenters. The van der Waals surface area contributed by atoms with Crippen LogP contribution in [0.2, 0.25) is 0 Å². The Bertz CT molecular complexity index is 642. The van der Waals surface area contributed by atoms with Crippen molar-refractivity contribution in [1.29, 1.82) is 0 Å². The number of nitrogens with zero attached hydrogens (tertiary/aromatic N) is 4. The highest BCUT2D eigenvalue weighted by molar-refractivity contribution is 6.05. The van der Waals surface area contributed by atoms with Crippen LogP contribution in [0.15, 0.2) is 18.6 Å². The minimum atomic E-state index is -0.276. The molecule has 1 saturated heterocycles. The Labute approximate surface area is 121 Å². The fourth-order valence-electron chi connectivity index (χ4n) is 2.31. The van der Waals surface area contributed by atoms with Gasteiger partial charge in [-0.2, -0.15) is 5.10 Å². The number of hydrogen-bond acceptors (Lipinski definition) is 5. The van der Waals surface area contributed by atoms with Gasteiger partial charge in [-0.05, 0) is 6.42 Å². The Morgan fingerprint density at radius 2 is 2.38 bits per heavy atom. The van der Waals surface area contributed by atoms with E-state index in [2.05, 4.69) is 15.5 Å². The molecule has 1 amide bonds. The van der Waals surface area contributed by atoms with E-state index in [0.29, 0.717) is 23.7 Å². The summed E-state index contributed by atoms with van der Waals surface area (Å²) >= 11 is 0. The first-order valence-corrected chi connectivity index (χ1v) is 6.68. The summed E-state index contributed by atoms with van der Waals surface area (Å²) in [5, 5.41) is 11.1. The van der Waals surface area contributed by atoms with Crippen LogP contribution in [0.4, 0.5) is 5.69 Å². The molecule has 0 aromatic carbocycles. The van der Waals surface area contributed by atoms with Crippen molar-refractivity contribution < 1.29 is 14.3 Å². The minimum absolute atomic E-state index is 0.239. The van der Waals surface area contributed by atoms with Crippen LogP contribution >= 0.6 is 0 Å². The molecule has 0 saturated carbocycles. The van der Waals surface area contributed by atoms with E-state index in [1.807, 2.05) is 4.68 Å². The van der Waals surface area contributed by atoms with Gasteiger partial charge in [-0.1, -0.05) is 0 Å². The van der Waals surface area contributed by atoms with E-state index in [1.165, 1.54) is 11.8 Å². The molecule has 0 bridgehead atoms. The predicted molar refractivity (Wildman–Crippen MR) is 74.4 cm³/mol. The zero-order valence-corrected chi connectivity index (χ0v) is 11.9. The number of amides is 1. The van der Waals surface area contributed by atoms with Gasteiger partial charge in [0.05, 0.1) is 31.6 Å². The second-order valence-electron chi connectivity index (χ2n) is 4.91. The molecule has 1 N–H and O–H groups in total. The highest BCUT2D eigenvalue weighted by Crippen LogP contribution is 2.21. The molecule has 8 nitrogen and oxygen atoms in total. The van der Waals surface area contributed by atoms with Gasteiger partial charge in [-0.15, -0.1) is 5.10 Å². The molecule has 3 rings (SSSR count). The van der Waals surface area contributed by atoms with Gasteiger partial charge in [0, 0.05) is 26.0 Å². The molecule has 0 unspecified atom stereocenters. The Balaban J connectivity index is 1.72. The third kappa shape index (κ3) is 2.75. The monoisotopic (exact) mass is 291 g/mol. The third-order valence-corrected chi connectivity index (χ3v) is 3.37. The van der Waals surface area contributed by atoms with E-state index in [-0.39, 0.29) is 11.9 Å². The van der Waals surface area contributed by atoms with Crippen molar-refractivity contribution in [3.63, 3.8) is 0 Å². The molecule has 3 heterocycles. The van der Waals surface area contributed by atoms with Gasteiger partial charge in [0.25, 0.3) is 5.91 Å². The van der Waals surface area contributed by atoms with Crippen molar-refractivity contribution in [3.05, 3.63) is 24.2 Å². The average Bonchev–Trinajstić information content (AvgIpc) is 3.16. The number of carbonyl (C=O) groups excluding carboxylic acids is 1. The summed E-state index contributed by atoms with van der Waals surface area (Å²) in [6, 6.07) is 0.239. The number of hydrogen-bond donors (Lipinski definition) is 1. The largest absolute Gasteiger partial charge is 0.479 e. The summed E-state index contributed by atoms with van der Waals surface area (Å²) in [6.07, 6.45) is 5.98. The van der Waals surface area contributed by atoms with E-state index in [4.69, 9.17) is 9.47 Å². The van der Waals surface area contributed by atoms with Gasteiger partial charge in [-0.25, -0.2) is 0 Å². The summed E-state index contributed by atoms with van der Waals surface area (Å²) in [5.74, 6) is 0.0220. The average molecular weight is 291 g/mol. The van der Waals surface area contributed by atoms with E-state index in [9.17, 15) is 4.79 Å². The molecule has 112 valence electrons. The van der Waals surface area contributed by atoms with Crippen molar-refractivity contribution in [2.75, 3.05) is 25.6 Å². The maximum absolute atomic E-state index is 12.2. The quantitative estimate of drug-likeness (QED) is 0.902. The van der Waals surface area contributed by atoms with Gasteiger partial charge >= 0.3 is 0 Å². The second kappa shape index (κ2) is 5.57. The summed E-state index contributed by atoms with van der Waals surface area (Å²) in [6.45, 7) is 1.41. The van der Waals surface area contributed by atoms with Gasteiger partial charge in [0.2, 0.25) is 5.88 Å². The first-order chi connectivity index (χ1) is 10.2. The van der Waals surface area contributed by atoms with Gasteiger partial charge < -0.3 is 14.8 Å². The Morgan fingerprint density at radius 3 is 3.10 bits per heavy atom. The summed E-state index contributed by atoms with van der Waals surface area (Å²) in [5.41, 5.74) is 1.02. The molecular formula is C13H17N5O3. The minimum Gasteiger partial charge on any atom is -0.479 e. The smallest absolute Gasteiger partial charge is 0.262 e. The van der Waals surface area contributed by atoms with Crippen LogP contribution in [0.25, 0.3) is 0 Å². The first-order valence-electron chi connectivity index (χ1n) is 6.68. The number of carbonyl (C=O) groups is 1. The van der Waals surface area contributed by atoms with Gasteiger partial charge in [-0.3, -0.25) is 14.2 Å². The third-order valence-electron chi connectivity index (χ3n) is 3.37. The molecule has 1 fully saturated rings. The normalized spacial score (nSPS) is 17.9. The number of ether oxygens (including phenoxy) is 2. The molecule has 2 aromatic rings. The summed E-state index contributed by atoms with van der Waals surface area (Å²) in [7, 11) is 3.22. The lowest BCUT2D eigenvalue weighted by atomic mass is 10.3. The number of anilines is 1. The number of nitrogens with one attached hydrogen (secondary N) is 1. The number of aryl methyl sites for hydroxylation is 1. The Kier molecular flexibility index (Phi) is 3.61. The van der Waals surface area contributed by atoms with Crippen LogP contribution < -0.4 is 10.1 Å². The second-order valence-corrected chi connectivity index (χ2v) is 4.91. The first kappa shape index (κ1) is 13.6. The molecule has 0 aliphatic carbocycles. The lowest BCUT2D eigenvalue weighted by Crippen LogP contribution is -2.12. The van der Waals surface area contributed by atoms with Gasteiger partial charge in [0.1, 0.15) is 5.56 Å². The van der Waals surface area contributed by atoms with Gasteiger partial charge in [0.15, 0.2) is 0 Å². The van der Waals surface area contributed by atoms with E-state index >= 15 is 0 Å². The van der Waals surface area contributed by atoms with Crippen LogP contribution in [0.3, 0.4) is 0 Å². The predicted octanol–water partition coefficient (Wildman–Crippen LogP) is 0.839. The number of rotatable bonds is 4. The molecular weight excluding hydrogens is 274 g/mol. The number of methoxy groups -OCH3 is 1. The van der Waals surface area contributed by atoms with Crippen LogP contribution in [-0.4, -0.2) is 45.8 Å². The van der Waals surface area contributed by atoms with Crippen molar-refractivity contribution in [1.82, 2.24) is 19.6 Å². The molecule has 0 spiro atoms. The summed E-state index contributed by atoms with van der Waals surface area (Å²) < 4.78 is 13.8. The molecule has 8 heteroatoms. The lowest BCUT2D eigenvalue weighted by Gasteiger charge is -2.06. The summed E-state index contributed by atoms with van der Waals surface area (Å²) in [4.78, 5) is 12.2. The Morgan fingerprint density at radius 1 is 1.52 bits per heavy atom. The van der Waals surface area contributed by atoms with E-state index in [1.54, 1.807) is 25.6 Å². The van der Waals surface area contributed by atoms with Crippen molar-refractivity contribution in [2.45, 2.75) is 12.5 Å². The standard InChI is InChI=1S/C13H17N5O3/c1-17-7-11(13(16-17)20-2)12(19)15-9-5-14-18(6-9)10-3-4-21-8-10/h5-7,10H,3-4,8H2,1-2H3,(H,15,19)/t10-/m0/s1. The fourth-order valence-corrected chi connectivity index (χ4v) is 2.31. The van der Waals surface area contributed by atoms with E-state index in [0.717, 1.165) is 13.0 Å². The maximum atomic E-state index is 12.2. The maximum Gasteiger partial charge on any atom is 0.262 e. The molecule has 1 aliphatic rings. The molecule has 21 heavy (non-hydrogen) atoms. The highest BCUT2D eigenvalue weighted by Gasteiger charge is 2.20. The Hall–Kier alpha value is -2.35. The lowest BCUT2D eigenvalue weighted by molar-refractivity contribution is 0.102. The van der Waals surface area contributed by atoms with Crippen molar-refractivity contribution >= 4 is 11.6 Å². The zero-order valence-electron chi connectivity index (χ0n) is 11.9. The highest BCUT2D eigenvalue weighted by atomic mass is 16.5. The van der Waals surface area contributed by atoms with E-state index < -0.39 is 0 Å². The molecule has 2 aromatic heterocycles. The fraction of sp³-hybridized carbons (Fsp3) is 0.462. The SMILES string of the molecule is COc1nn(C)cc1C(=O)Nc1cnn([C@H]2CCOC2)c1. The van der Waals surface area contributed by atoms with Crippen LogP contribution in [0.1, 0.15) is 22.8 Å². The molecule has 1 aliphatic heterocycles. The van der Waals surface area contributed by atoms with Crippen LogP contribution in [-0.2, 0) is 11.8 Å². The molecule has 0 radical (unpaired) electrons. The van der Waals surface area contributed by atoms with Crippen LogP contribution in [0.5, 0.6) is 5.88 Å². The number of aromatic nitrogens is 4. The van der Waals surface area contributed by atoms with Crippen molar-refractivity contribution in [3.8, 4) is 5.88 Å². The van der Waals surface area contributed by atoms with Crippen molar-refractivity contribution in [2.24, 2.45) is 7.05 Å².